The molecule has 0 bridgehead atoms. The van der Waals surface area contributed by atoms with Crippen molar-refractivity contribution < 1.29 is 24.9 Å². The summed E-state index contributed by atoms with van der Waals surface area (Å²) in [5.41, 5.74) is 1.21. The van der Waals surface area contributed by atoms with Crippen molar-refractivity contribution in [3.05, 3.63) is 48.0 Å². The minimum absolute atomic E-state index is 0.0126. The summed E-state index contributed by atoms with van der Waals surface area (Å²) >= 11 is 0. The van der Waals surface area contributed by atoms with Crippen LogP contribution in [-0.4, -0.2) is 51.9 Å². The first-order chi connectivity index (χ1) is 15.4. The average Bonchev–Trinajstić information content (AvgIpc) is 3.04. The van der Waals surface area contributed by atoms with Crippen LogP contribution in [0, 0.1) is 11.8 Å². The molecule has 0 aliphatic heterocycles. The second kappa shape index (κ2) is 14.2. The third kappa shape index (κ3) is 9.63. The Bertz CT molecular complexity index is 720. The Morgan fingerprint density at radius 3 is 2.53 bits per heavy atom. The van der Waals surface area contributed by atoms with Gasteiger partial charge in [0.25, 0.3) is 0 Å². The van der Waals surface area contributed by atoms with Crippen LogP contribution in [0.2, 0.25) is 0 Å². The molecule has 32 heavy (non-hydrogen) atoms. The van der Waals surface area contributed by atoms with Crippen LogP contribution in [0.4, 0.5) is 0 Å². The van der Waals surface area contributed by atoms with Crippen LogP contribution in [0.15, 0.2) is 42.5 Å². The van der Waals surface area contributed by atoms with Gasteiger partial charge in [-0.15, -0.1) is 0 Å². The molecule has 0 radical (unpaired) electrons. The van der Waals surface area contributed by atoms with Crippen molar-refractivity contribution in [3.8, 4) is 0 Å². The predicted octanol–water partition coefficient (Wildman–Crippen LogP) is 2.94. The second-order valence-electron chi connectivity index (χ2n) is 9.03. The lowest BCUT2D eigenvalue weighted by Crippen LogP contribution is -2.27. The Hall–Kier alpha value is -2.02. The van der Waals surface area contributed by atoms with Gasteiger partial charge in [-0.05, 0) is 75.7 Å². The monoisotopic (exact) mass is 445 g/mol. The number of ketones is 1. The van der Waals surface area contributed by atoms with Gasteiger partial charge in [0.15, 0.2) is 0 Å². The fraction of sp³-hybridized carbons (Fsp3) is 0.615. The van der Waals surface area contributed by atoms with Crippen molar-refractivity contribution in [1.82, 2.24) is 5.32 Å². The van der Waals surface area contributed by atoms with Gasteiger partial charge < -0.3 is 20.6 Å². The number of aliphatic hydroxyl groups excluding tert-OH is 3. The van der Waals surface area contributed by atoms with E-state index in [9.17, 15) is 24.9 Å². The van der Waals surface area contributed by atoms with E-state index in [0.717, 1.165) is 12.8 Å². The van der Waals surface area contributed by atoms with Gasteiger partial charge in [0.1, 0.15) is 5.78 Å². The van der Waals surface area contributed by atoms with Crippen molar-refractivity contribution in [2.75, 3.05) is 6.54 Å². The summed E-state index contributed by atoms with van der Waals surface area (Å²) in [5, 5.41) is 33.8. The number of hydrogen-bond acceptors (Lipinski definition) is 5. The van der Waals surface area contributed by atoms with E-state index in [2.05, 4.69) is 17.4 Å². The molecule has 0 spiro atoms. The first kappa shape index (κ1) is 26.2. The number of nitrogens with one attached hydrogen (secondary N) is 1. The Kier molecular flexibility index (Phi) is 11.6. The molecule has 1 amide bonds. The van der Waals surface area contributed by atoms with Crippen molar-refractivity contribution >= 4 is 11.7 Å². The second-order valence-corrected chi connectivity index (χ2v) is 9.03. The van der Waals surface area contributed by atoms with E-state index < -0.39 is 18.3 Å². The minimum Gasteiger partial charge on any atom is -0.393 e. The highest BCUT2D eigenvalue weighted by Gasteiger charge is 2.40. The van der Waals surface area contributed by atoms with Crippen LogP contribution in [0.5, 0.6) is 0 Å². The molecule has 0 heterocycles. The highest BCUT2D eigenvalue weighted by Crippen LogP contribution is 2.38. The first-order valence-electron chi connectivity index (χ1n) is 11.9. The molecular weight excluding hydrogens is 406 g/mol. The quantitative estimate of drug-likeness (QED) is 0.260. The molecule has 0 unspecified atom stereocenters. The lowest BCUT2D eigenvalue weighted by atomic mass is 9.85. The van der Waals surface area contributed by atoms with Gasteiger partial charge in [0, 0.05) is 6.42 Å². The number of aliphatic hydroxyl groups is 3. The van der Waals surface area contributed by atoms with E-state index >= 15 is 0 Å². The summed E-state index contributed by atoms with van der Waals surface area (Å²) in [6.45, 7) is 1.52. The predicted molar refractivity (Wildman–Crippen MR) is 125 cm³/mol. The van der Waals surface area contributed by atoms with E-state index in [1.165, 1.54) is 12.5 Å². The third-order valence-electron chi connectivity index (χ3n) is 6.35. The zero-order chi connectivity index (χ0) is 23.3. The molecule has 5 atom stereocenters. The number of unbranched alkanes of at least 4 members (excludes halogenated alkanes) is 1. The maximum atomic E-state index is 11.6. The van der Waals surface area contributed by atoms with Gasteiger partial charge in [-0.2, -0.15) is 0 Å². The summed E-state index contributed by atoms with van der Waals surface area (Å²) < 4.78 is 0. The Labute approximate surface area is 191 Å². The van der Waals surface area contributed by atoms with Crippen LogP contribution in [0.1, 0.15) is 63.9 Å². The summed E-state index contributed by atoms with van der Waals surface area (Å²) in [5.74, 6) is -0.206. The van der Waals surface area contributed by atoms with Crippen molar-refractivity contribution in [2.45, 2.75) is 83.0 Å². The van der Waals surface area contributed by atoms with Gasteiger partial charge in [-0.25, -0.2) is 0 Å². The number of rotatable bonds is 14. The highest BCUT2D eigenvalue weighted by molar-refractivity contribution is 5.84. The summed E-state index contributed by atoms with van der Waals surface area (Å²) in [6, 6.07) is 10.1. The minimum atomic E-state index is -0.533. The van der Waals surface area contributed by atoms with Crippen molar-refractivity contribution in [3.63, 3.8) is 0 Å². The number of carbonyl (C=O) groups is 2. The number of carbonyl (C=O) groups excluding carboxylic acids is 2. The molecule has 6 nitrogen and oxygen atoms in total. The Balaban J connectivity index is 1.69. The lowest BCUT2D eigenvalue weighted by Gasteiger charge is -2.23. The number of Topliss-reactive ketones (excluding diaryl/α,β-unsaturated/α-hetero) is 1. The number of benzene rings is 1. The molecule has 0 saturated heterocycles. The topological polar surface area (TPSA) is 107 Å². The van der Waals surface area contributed by atoms with Crippen LogP contribution < -0.4 is 5.32 Å². The molecule has 0 aromatic heterocycles. The van der Waals surface area contributed by atoms with Crippen molar-refractivity contribution in [1.29, 1.82) is 0 Å². The smallest absolute Gasteiger partial charge is 0.220 e. The van der Waals surface area contributed by atoms with Crippen LogP contribution >= 0.6 is 0 Å². The van der Waals surface area contributed by atoms with Crippen molar-refractivity contribution in [2.24, 2.45) is 11.8 Å². The lowest BCUT2D eigenvalue weighted by molar-refractivity contribution is -0.124. The Morgan fingerprint density at radius 1 is 1.09 bits per heavy atom. The summed E-state index contributed by atoms with van der Waals surface area (Å²) in [4.78, 5) is 22.5. The Morgan fingerprint density at radius 2 is 1.81 bits per heavy atom. The molecule has 1 aromatic rings. The standard InChI is InChI=1S/C26H39NO5/c1-19(28)18-27-26(32)12-8-3-2-7-11-22-23(25(31)17-24(22)30)16-15-21(29)14-13-20-9-5-4-6-10-20/h2,4-7,9-10,21-25,29-31H,3,8,11-18H2,1H3,(H,27,32)/b7-2-/t21-,22+,23+,24-,25+/m0/s1. The number of amides is 1. The highest BCUT2D eigenvalue weighted by atomic mass is 16.3. The summed E-state index contributed by atoms with van der Waals surface area (Å²) in [7, 11) is 0. The number of allylic oxidation sites excluding steroid dienone is 2. The van der Waals surface area contributed by atoms with Crippen LogP contribution in [0.3, 0.4) is 0 Å². The molecule has 1 aliphatic rings. The van der Waals surface area contributed by atoms with Gasteiger partial charge in [-0.3, -0.25) is 9.59 Å². The van der Waals surface area contributed by atoms with E-state index in [-0.39, 0.29) is 30.1 Å². The van der Waals surface area contributed by atoms with Gasteiger partial charge in [-0.1, -0.05) is 42.5 Å². The normalized spacial score (nSPS) is 24.0. The molecule has 6 heteroatoms. The molecule has 1 saturated carbocycles. The molecule has 178 valence electrons. The molecular formula is C26H39NO5. The van der Waals surface area contributed by atoms with Gasteiger partial charge in [0.2, 0.25) is 5.91 Å². The molecule has 1 fully saturated rings. The van der Waals surface area contributed by atoms with E-state index in [1.54, 1.807) is 0 Å². The van der Waals surface area contributed by atoms with Crippen LogP contribution in [-0.2, 0) is 16.0 Å². The van der Waals surface area contributed by atoms with E-state index in [0.29, 0.717) is 44.9 Å². The summed E-state index contributed by atoms with van der Waals surface area (Å²) in [6.07, 6.45) is 8.31. The molecule has 1 aromatic carbocycles. The number of aryl methyl sites for hydroxylation is 1. The molecule has 1 aliphatic carbocycles. The average molecular weight is 446 g/mol. The zero-order valence-corrected chi connectivity index (χ0v) is 19.2. The van der Waals surface area contributed by atoms with Crippen LogP contribution in [0.25, 0.3) is 0 Å². The fourth-order valence-corrected chi connectivity index (χ4v) is 4.48. The van der Waals surface area contributed by atoms with E-state index in [1.807, 2.05) is 30.4 Å². The van der Waals surface area contributed by atoms with Gasteiger partial charge >= 0.3 is 0 Å². The molecule has 4 N–H and O–H groups in total. The number of hydrogen-bond donors (Lipinski definition) is 4. The third-order valence-corrected chi connectivity index (χ3v) is 6.35. The van der Waals surface area contributed by atoms with E-state index in [4.69, 9.17) is 0 Å². The fourth-order valence-electron chi connectivity index (χ4n) is 4.48. The maximum Gasteiger partial charge on any atom is 0.220 e. The SMILES string of the molecule is CC(=O)CNC(=O)CCC/C=C\C[C@@H]1[C@@H](CC[C@@H](O)CCc2ccccc2)[C@H](O)C[C@@H]1O. The molecule has 2 rings (SSSR count). The first-order valence-corrected chi connectivity index (χ1v) is 11.9. The largest absolute Gasteiger partial charge is 0.393 e. The zero-order valence-electron chi connectivity index (χ0n) is 19.2. The maximum absolute atomic E-state index is 11.6. The van der Waals surface area contributed by atoms with Gasteiger partial charge in [0.05, 0.1) is 24.9 Å².